The summed E-state index contributed by atoms with van der Waals surface area (Å²) in [6.45, 7) is 9.92. The minimum absolute atomic E-state index is 0.0229. The number of carboxylic acids is 1. The summed E-state index contributed by atoms with van der Waals surface area (Å²) in [6.07, 6.45) is 3.26. The van der Waals surface area contributed by atoms with Gasteiger partial charge in [-0.15, -0.1) is 0 Å². The molecule has 1 N–H and O–H groups in total. The number of aromatic carboxylic acids is 1. The number of carbonyl (C=O) groups excluding carboxylic acids is 1. The third-order valence-corrected chi connectivity index (χ3v) is 9.46. The van der Waals surface area contributed by atoms with E-state index in [4.69, 9.17) is 9.47 Å². The Labute approximate surface area is 263 Å². The predicted molar refractivity (Wildman–Crippen MR) is 167 cm³/mol. The summed E-state index contributed by atoms with van der Waals surface area (Å²) in [7, 11) is 0. The summed E-state index contributed by atoms with van der Waals surface area (Å²) in [5.41, 5.74) is 4.50. The lowest BCUT2D eigenvalue weighted by Gasteiger charge is -2.39. The molecule has 3 saturated heterocycles. The molecule has 0 bridgehead atoms. The van der Waals surface area contributed by atoms with Crippen molar-refractivity contribution in [1.29, 1.82) is 0 Å². The van der Waals surface area contributed by atoms with Crippen LogP contribution in [0.4, 0.5) is 9.18 Å². The number of ether oxygens (including phenoxy) is 2. The van der Waals surface area contributed by atoms with Crippen LogP contribution in [0, 0.1) is 26.6 Å². The Morgan fingerprint density at radius 3 is 2.44 bits per heavy atom. The van der Waals surface area contributed by atoms with E-state index in [1.807, 2.05) is 48.8 Å². The number of nitrogens with zero attached hydrogens (tertiary/aromatic N) is 4. The normalized spacial score (nSPS) is 20.2. The van der Waals surface area contributed by atoms with Gasteiger partial charge in [0.1, 0.15) is 11.6 Å². The molecule has 3 aliphatic heterocycles. The maximum Gasteiger partial charge on any atom is 0.335 e. The molecule has 2 aromatic carbocycles. The van der Waals surface area contributed by atoms with Crippen LogP contribution in [0.25, 0.3) is 0 Å². The van der Waals surface area contributed by atoms with E-state index >= 15 is 4.39 Å². The standard InChI is InChI=1S/C35H41FN4O5/c1-22-4-7-30(36)29(18-22)31-21-39(27-12-16-44-17-13-27)35(43)40(31)28-10-14-38(15-11-28)20-26-6-9-33(37-24(26)3)45-32-8-5-25(34(41)42)19-23(32)2/h4-9,18-19,27-28,31H,10-17,20-21H2,1-3H3,(H,41,42). The van der Waals surface area contributed by atoms with Crippen molar-refractivity contribution in [3.05, 3.63) is 87.9 Å². The molecule has 45 heavy (non-hydrogen) atoms. The molecule has 0 aliphatic carbocycles. The number of hydrogen-bond acceptors (Lipinski definition) is 6. The van der Waals surface area contributed by atoms with Gasteiger partial charge in [-0.25, -0.2) is 19.0 Å². The van der Waals surface area contributed by atoms with Gasteiger partial charge < -0.3 is 24.4 Å². The zero-order valence-electron chi connectivity index (χ0n) is 26.2. The maximum atomic E-state index is 15.2. The van der Waals surface area contributed by atoms with Crippen molar-refractivity contribution < 1.29 is 28.6 Å². The number of aromatic nitrogens is 1. The van der Waals surface area contributed by atoms with Gasteiger partial charge in [0.15, 0.2) is 0 Å². The summed E-state index contributed by atoms with van der Waals surface area (Å²) in [5.74, 6) is -0.205. The van der Waals surface area contributed by atoms with Crippen LogP contribution in [0.15, 0.2) is 48.5 Å². The minimum Gasteiger partial charge on any atom is -0.478 e. The summed E-state index contributed by atoms with van der Waals surface area (Å²) in [6, 6.07) is 13.7. The molecule has 4 heterocycles. The fraction of sp³-hybridized carbons (Fsp3) is 0.457. The smallest absolute Gasteiger partial charge is 0.335 e. The Bertz CT molecular complexity index is 1570. The zero-order valence-corrected chi connectivity index (χ0v) is 26.2. The van der Waals surface area contributed by atoms with Crippen LogP contribution in [-0.4, -0.2) is 81.7 Å². The molecule has 0 spiro atoms. The van der Waals surface area contributed by atoms with Crippen LogP contribution in [0.1, 0.15) is 70.0 Å². The van der Waals surface area contributed by atoms with Gasteiger partial charge in [0.05, 0.1) is 11.6 Å². The number of rotatable bonds is 8. The van der Waals surface area contributed by atoms with Crippen molar-refractivity contribution in [3.63, 3.8) is 0 Å². The van der Waals surface area contributed by atoms with E-state index in [2.05, 4.69) is 9.88 Å². The Morgan fingerprint density at radius 2 is 1.76 bits per heavy atom. The largest absolute Gasteiger partial charge is 0.478 e. The predicted octanol–water partition coefficient (Wildman–Crippen LogP) is 6.26. The quantitative estimate of drug-likeness (QED) is 0.319. The van der Waals surface area contributed by atoms with Crippen LogP contribution in [-0.2, 0) is 11.3 Å². The summed E-state index contributed by atoms with van der Waals surface area (Å²) >= 11 is 0. The number of hydrogen-bond donors (Lipinski definition) is 1. The van der Waals surface area contributed by atoms with Gasteiger partial charge in [-0.05, 0) is 81.8 Å². The van der Waals surface area contributed by atoms with Crippen molar-refractivity contribution in [3.8, 4) is 11.6 Å². The van der Waals surface area contributed by atoms with Crippen molar-refractivity contribution >= 4 is 12.0 Å². The van der Waals surface area contributed by atoms with E-state index in [1.54, 1.807) is 18.2 Å². The first-order chi connectivity index (χ1) is 21.7. The van der Waals surface area contributed by atoms with Crippen molar-refractivity contribution in [2.24, 2.45) is 0 Å². The Kier molecular flexibility index (Phi) is 9.05. The molecular weight excluding hydrogens is 575 g/mol. The number of aryl methyl sites for hydroxylation is 3. The number of pyridine rings is 1. The third-order valence-electron chi connectivity index (χ3n) is 9.46. The first-order valence-electron chi connectivity index (χ1n) is 15.8. The minimum atomic E-state index is -0.976. The van der Waals surface area contributed by atoms with E-state index < -0.39 is 5.97 Å². The van der Waals surface area contributed by atoms with E-state index in [0.717, 1.165) is 67.7 Å². The zero-order chi connectivity index (χ0) is 31.7. The molecule has 1 aromatic heterocycles. The third kappa shape index (κ3) is 6.67. The molecular formula is C35H41FN4O5. The molecule has 238 valence electrons. The summed E-state index contributed by atoms with van der Waals surface area (Å²) in [5, 5.41) is 9.22. The van der Waals surface area contributed by atoms with E-state index in [1.165, 1.54) is 12.1 Å². The number of urea groups is 1. The first-order valence-corrected chi connectivity index (χ1v) is 15.8. The van der Waals surface area contributed by atoms with Gasteiger partial charge in [-0.1, -0.05) is 23.8 Å². The van der Waals surface area contributed by atoms with Crippen LogP contribution >= 0.6 is 0 Å². The highest BCUT2D eigenvalue weighted by Gasteiger charge is 2.46. The van der Waals surface area contributed by atoms with Crippen molar-refractivity contribution in [2.75, 3.05) is 32.8 Å². The Balaban J connectivity index is 1.12. The van der Waals surface area contributed by atoms with Crippen LogP contribution in [0.5, 0.6) is 11.6 Å². The average Bonchev–Trinajstić information content (AvgIpc) is 3.38. The Hall–Kier alpha value is -4.02. The number of carboxylic acid groups (broad SMARTS) is 1. The topological polar surface area (TPSA) is 95.4 Å². The maximum absolute atomic E-state index is 15.2. The van der Waals surface area contributed by atoms with E-state index in [9.17, 15) is 14.7 Å². The molecule has 0 saturated carbocycles. The van der Waals surface area contributed by atoms with Crippen LogP contribution in [0.2, 0.25) is 0 Å². The number of carbonyl (C=O) groups is 2. The second kappa shape index (κ2) is 13.1. The molecule has 2 amide bonds. The Morgan fingerprint density at radius 1 is 1.00 bits per heavy atom. The number of benzene rings is 2. The monoisotopic (exact) mass is 616 g/mol. The van der Waals surface area contributed by atoms with E-state index in [-0.39, 0.29) is 35.5 Å². The van der Waals surface area contributed by atoms with Crippen LogP contribution in [0.3, 0.4) is 0 Å². The molecule has 9 nitrogen and oxygen atoms in total. The number of likely N-dealkylation sites (tertiary alicyclic amines) is 1. The van der Waals surface area contributed by atoms with Gasteiger partial charge in [0.25, 0.3) is 0 Å². The fourth-order valence-electron chi connectivity index (χ4n) is 6.91. The lowest BCUT2D eigenvalue weighted by atomic mass is 9.97. The average molecular weight is 617 g/mol. The second-order valence-corrected chi connectivity index (χ2v) is 12.5. The van der Waals surface area contributed by atoms with E-state index in [0.29, 0.717) is 37.0 Å². The summed E-state index contributed by atoms with van der Waals surface area (Å²) in [4.78, 5) is 36.2. The molecule has 3 aliphatic rings. The van der Waals surface area contributed by atoms with Gasteiger partial charge in [-0.3, -0.25) is 4.90 Å². The van der Waals surface area contributed by atoms with Gasteiger partial charge in [-0.2, -0.15) is 0 Å². The highest BCUT2D eigenvalue weighted by atomic mass is 19.1. The highest BCUT2D eigenvalue weighted by Crippen LogP contribution is 2.38. The van der Waals surface area contributed by atoms with Gasteiger partial charge in [0.2, 0.25) is 5.88 Å². The molecule has 3 aromatic rings. The molecule has 1 atom stereocenters. The molecule has 3 fully saturated rings. The first kappa shape index (κ1) is 31.0. The SMILES string of the molecule is Cc1ccc(F)c(C2CN(C3CCOCC3)C(=O)N2C2CCN(Cc3ccc(Oc4ccc(C(=O)O)cc4C)nc3C)CC2)c1. The molecule has 10 heteroatoms. The number of amides is 2. The number of halogens is 1. The fourth-order valence-corrected chi connectivity index (χ4v) is 6.91. The molecule has 0 radical (unpaired) electrons. The molecule has 6 rings (SSSR count). The van der Waals surface area contributed by atoms with Gasteiger partial charge >= 0.3 is 12.0 Å². The summed E-state index contributed by atoms with van der Waals surface area (Å²) < 4.78 is 26.7. The molecule has 1 unspecified atom stereocenters. The lowest BCUT2D eigenvalue weighted by Crippen LogP contribution is -2.48. The lowest BCUT2D eigenvalue weighted by molar-refractivity contribution is 0.0493. The van der Waals surface area contributed by atoms with Crippen molar-refractivity contribution in [1.82, 2.24) is 19.7 Å². The highest BCUT2D eigenvalue weighted by molar-refractivity contribution is 5.88. The second-order valence-electron chi connectivity index (χ2n) is 12.5. The van der Waals surface area contributed by atoms with Crippen molar-refractivity contribution in [2.45, 2.75) is 71.1 Å². The number of piperidine rings is 1. The van der Waals surface area contributed by atoms with Gasteiger partial charge in [0, 0.05) is 68.8 Å². The van der Waals surface area contributed by atoms with Crippen LogP contribution < -0.4 is 4.74 Å².